The highest BCUT2D eigenvalue weighted by Crippen LogP contribution is 2.33. The molecular weight excluding hydrogens is 535 g/mol. The van der Waals surface area contributed by atoms with Gasteiger partial charge in [-0.05, 0) is 37.5 Å². The number of carbonyl (C=O) groups excluding carboxylic acids is 2. The Morgan fingerprint density at radius 3 is 2.41 bits per heavy atom. The number of nitro benzene ring substituents is 1. The topological polar surface area (TPSA) is 140 Å². The zero-order valence-corrected chi connectivity index (χ0v) is 23.4. The summed E-state index contributed by atoms with van der Waals surface area (Å²) in [6.45, 7) is 5.06. The lowest BCUT2D eigenvalue weighted by Crippen LogP contribution is -2.25. The first-order valence-electron chi connectivity index (χ1n) is 13.9. The van der Waals surface area contributed by atoms with Crippen LogP contribution in [-0.2, 0) is 14.3 Å². The number of nitrogen functional groups attached to an aromatic ring is 1. The highest BCUT2D eigenvalue weighted by molar-refractivity contribution is 5.97. The minimum absolute atomic E-state index is 0.0451. The van der Waals surface area contributed by atoms with Crippen molar-refractivity contribution in [2.45, 2.75) is 71.3 Å². The number of anilines is 1. The Kier molecular flexibility index (Phi) is 12.2. The van der Waals surface area contributed by atoms with E-state index in [1.54, 1.807) is 12.1 Å². The van der Waals surface area contributed by atoms with Crippen LogP contribution >= 0.6 is 0 Å². The Bertz CT molecular complexity index is 1210. The van der Waals surface area contributed by atoms with Gasteiger partial charge in [0, 0.05) is 11.5 Å². The number of rotatable bonds is 14. The molecule has 11 heteroatoms. The number of hydrogen-bond donors (Lipinski definition) is 1. The summed E-state index contributed by atoms with van der Waals surface area (Å²) in [6, 6.07) is 8.16. The lowest BCUT2D eigenvalue weighted by molar-refractivity contribution is -0.385. The highest BCUT2D eigenvalue weighted by Gasteiger charge is 2.28. The van der Waals surface area contributed by atoms with Gasteiger partial charge in [0.15, 0.2) is 18.2 Å². The fourth-order valence-electron chi connectivity index (χ4n) is 4.14. The predicted octanol–water partition coefficient (Wildman–Crippen LogP) is 6.63. The van der Waals surface area contributed by atoms with E-state index in [2.05, 4.69) is 19.1 Å². The first kappa shape index (κ1) is 31.7. The first-order chi connectivity index (χ1) is 19.7. The van der Waals surface area contributed by atoms with E-state index in [0.717, 1.165) is 24.1 Å². The van der Waals surface area contributed by atoms with E-state index in [9.17, 15) is 24.1 Å². The molecule has 3 rings (SSSR count). The molecule has 1 fully saturated rings. The van der Waals surface area contributed by atoms with Gasteiger partial charge in [0.1, 0.15) is 11.3 Å². The number of nitro groups is 1. The largest absolute Gasteiger partial charge is 0.423 e. The Morgan fingerprint density at radius 1 is 1.10 bits per heavy atom. The lowest BCUT2D eigenvalue weighted by atomic mass is 10.1. The van der Waals surface area contributed by atoms with Crippen LogP contribution in [0.1, 0.15) is 81.0 Å². The van der Waals surface area contributed by atoms with Gasteiger partial charge in [-0.25, -0.2) is 14.0 Å². The van der Waals surface area contributed by atoms with Crippen molar-refractivity contribution in [3.05, 3.63) is 69.8 Å². The number of alkyl halides is 1. The van der Waals surface area contributed by atoms with E-state index in [4.69, 9.17) is 24.7 Å². The zero-order chi connectivity index (χ0) is 29.8. The third-order valence-corrected chi connectivity index (χ3v) is 6.49. The summed E-state index contributed by atoms with van der Waals surface area (Å²) in [6.07, 6.45) is 7.55. The summed E-state index contributed by atoms with van der Waals surface area (Å²) in [5.74, 6) is -2.36. The Labute approximate surface area is 238 Å². The maximum atomic E-state index is 14.0. The molecule has 0 unspecified atom stereocenters. The number of ether oxygens (including phenoxy) is 4. The van der Waals surface area contributed by atoms with Crippen molar-refractivity contribution >= 4 is 23.3 Å². The van der Waals surface area contributed by atoms with Crippen LogP contribution in [0.3, 0.4) is 0 Å². The fourth-order valence-corrected chi connectivity index (χ4v) is 4.14. The maximum Gasteiger partial charge on any atom is 0.350 e. The van der Waals surface area contributed by atoms with Gasteiger partial charge in [0.2, 0.25) is 0 Å². The first-order valence-corrected chi connectivity index (χ1v) is 13.9. The van der Waals surface area contributed by atoms with Gasteiger partial charge < -0.3 is 24.7 Å². The molecule has 1 saturated heterocycles. The molecular formula is C30H37FN2O8. The van der Waals surface area contributed by atoms with Crippen molar-refractivity contribution in [3.63, 3.8) is 0 Å². The van der Waals surface area contributed by atoms with E-state index in [1.807, 2.05) is 6.92 Å². The second kappa shape index (κ2) is 15.8. The number of carbonyl (C=O) groups is 2. The number of halogens is 1. The molecule has 41 heavy (non-hydrogen) atoms. The molecule has 222 valence electrons. The van der Waals surface area contributed by atoms with E-state index in [-0.39, 0.29) is 23.8 Å². The monoisotopic (exact) mass is 572 g/mol. The molecule has 0 aliphatic carbocycles. The fraction of sp³-hybridized carbons (Fsp3) is 0.467. The number of unbranched alkanes of at least 4 members (excludes halogenated alkanes) is 4. The van der Waals surface area contributed by atoms with Crippen molar-refractivity contribution in [1.82, 2.24) is 0 Å². The second-order valence-electron chi connectivity index (χ2n) is 9.84. The van der Waals surface area contributed by atoms with Crippen molar-refractivity contribution < 1.29 is 37.9 Å². The number of hydrogen-bond acceptors (Lipinski definition) is 9. The molecule has 0 spiro atoms. The van der Waals surface area contributed by atoms with Crippen LogP contribution in [-0.4, -0.2) is 36.2 Å². The molecule has 0 radical (unpaired) electrons. The van der Waals surface area contributed by atoms with Crippen LogP contribution in [0, 0.1) is 16.0 Å². The van der Waals surface area contributed by atoms with Crippen LogP contribution in [0.4, 0.5) is 15.8 Å². The summed E-state index contributed by atoms with van der Waals surface area (Å²) in [5, 5.41) is 11.7. The van der Waals surface area contributed by atoms with Gasteiger partial charge in [-0.3, -0.25) is 10.1 Å². The van der Waals surface area contributed by atoms with Crippen LogP contribution in [0.5, 0.6) is 11.5 Å². The highest BCUT2D eigenvalue weighted by atomic mass is 19.1. The van der Waals surface area contributed by atoms with Crippen LogP contribution < -0.4 is 15.2 Å². The minimum atomic E-state index is -1.90. The zero-order valence-electron chi connectivity index (χ0n) is 23.4. The molecule has 10 nitrogen and oxygen atoms in total. The Balaban J connectivity index is 1.61. The van der Waals surface area contributed by atoms with Crippen molar-refractivity contribution in [1.29, 1.82) is 0 Å². The van der Waals surface area contributed by atoms with Gasteiger partial charge in [0.05, 0.1) is 29.9 Å². The third kappa shape index (κ3) is 9.36. The molecule has 1 atom stereocenters. The number of nitrogens with zero attached hydrogens (tertiary/aromatic N) is 1. The normalized spacial score (nSPS) is 17.7. The lowest BCUT2D eigenvalue weighted by Gasteiger charge is -2.28. The molecule has 1 heterocycles. The molecule has 0 amide bonds. The van der Waals surface area contributed by atoms with Gasteiger partial charge >= 0.3 is 11.9 Å². The van der Waals surface area contributed by atoms with Gasteiger partial charge in [-0.2, -0.15) is 0 Å². The average molecular weight is 573 g/mol. The van der Waals surface area contributed by atoms with Gasteiger partial charge in [0.25, 0.3) is 5.69 Å². The number of allylic oxidation sites excluding steroid dienone is 1. The summed E-state index contributed by atoms with van der Waals surface area (Å²) in [5.41, 5.74) is 5.18. The molecule has 1 aliphatic heterocycles. The van der Waals surface area contributed by atoms with Gasteiger partial charge in [-0.15, -0.1) is 0 Å². The molecule has 0 bridgehead atoms. The maximum absolute atomic E-state index is 14.0. The number of nitrogens with two attached hydrogens (primary N) is 1. The molecule has 2 aromatic rings. The predicted molar refractivity (Wildman–Crippen MR) is 150 cm³/mol. The Morgan fingerprint density at radius 2 is 1.78 bits per heavy atom. The SMILES string of the molecule is CCCCC/C=C/C1COC(c2ccc(OC(=O)c3cc(N)c(OC(=O)[C@H](F)CCCC)cc3[N+](=O)[O-])cc2)OC1. The molecule has 0 aromatic heterocycles. The van der Waals surface area contributed by atoms with Crippen molar-refractivity contribution in [2.24, 2.45) is 5.92 Å². The van der Waals surface area contributed by atoms with E-state index < -0.39 is 46.3 Å². The van der Waals surface area contributed by atoms with Crippen molar-refractivity contribution in [3.8, 4) is 11.5 Å². The Hall–Kier alpha value is -3.83. The van der Waals surface area contributed by atoms with E-state index >= 15 is 0 Å². The van der Waals surface area contributed by atoms with Gasteiger partial charge in [-0.1, -0.05) is 63.8 Å². The smallest absolute Gasteiger partial charge is 0.350 e. The quantitative estimate of drug-likeness (QED) is 0.0502. The van der Waals surface area contributed by atoms with Crippen LogP contribution in [0.2, 0.25) is 0 Å². The summed E-state index contributed by atoms with van der Waals surface area (Å²) < 4.78 is 36.0. The van der Waals surface area contributed by atoms with Crippen molar-refractivity contribution in [2.75, 3.05) is 18.9 Å². The number of benzene rings is 2. The standard InChI is InChI=1S/C30H37FN2O8/c1-3-5-7-8-9-10-20-18-38-30(39-19-20)21-12-14-22(15-13-21)40-28(34)23-16-25(32)27(17-26(23)33(36)37)41-29(35)24(31)11-6-4-2/h9-10,12-17,20,24,30H,3-8,11,18-19,32H2,1-2H3/b10-9+/t20?,24-,30?/m1/s1. The van der Waals surface area contributed by atoms with Crippen LogP contribution in [0.25, 0.3) is 0 Å². The number of esters is 2. The average Bonchev–Trinajstić information content (AvgIpc) is 2.97. The second-order valence-corrected chi connectivity index (χ2v) is 9.84. The molecule has 2 aromatic carbocycles. The minimum Gasteiger partial charge on any atom is -0.423 e. The molecule has 2 N–H and O–H groups in total. The summed E-state index contributed by atoms with van der Waals surface area (Å²) >= 11 is 0. The summed E-state index contributed by atoms with van der Waals surface area (Å²) in [7, 11) is 0. The third-order valence-electron chi connectivity index (χ3n) is 6.49. The summed E-state index contributed by atoms with van der Waals surface area (Å²) in [4.78, 5) is 35.6. The van der Waals surface area contributed by atoms with E-state index in [1.165, 1.54) is 31.4 Å². The molecule has 1 aliphatic rings. The van der Waals surface area contributed by atoms with Crippen LogP contribution in [0.15, 0.2) is 48.6 Å². The molecule has 0 saturated carbocycles. The van der Waals surface area contributed by atoms with E-state index in [0.29, 0.717) is 26.1 Å².